The van der Waals surface area contributed by atoms with E-state index in [1.807, 2.05) is 5.32 Å². The van der Waals surface area contributed by atoms with Crippen LogP contribution in [0.15, 0.2) is 12.5 Å². The van der Waals surface area contributed by atoms with Gasteiger partial charge in [0.15, 0.2) is 0 Å². The van der Waals surface area contributed by atoms with E-state index in [0.29, 0.717) is 5.69 Å². The van der Waals surface area contributed by atoms with Crippen LogP contribution in [0.2, 0.25) is 0 Å². The van der Waals surface area contributed by atoms with E-state index in [1.165, 1.54) is 12.5 Å². The highest BCUT2D eigenvalue weighted by Crippen LogP contribution is 2.02. The van der Waals surface area contributed by atoms with Gasteiger partial charge < -0.3 is 47.7 Å². The average Bonchev–Trinajstić information content (AvgIpc) is 3.22. The monoisotopic (exact) mass is 471 g/mol. The number of imidazole rings is 1. The molecule has 4 amide bonds. The Kier molecular flexibility index (Phi) is 10.4. The normalized spacial score (nSPS) is 14.2. The van der Waals surface area contributed by atoms with Crippen molar-refractivity contribution < 1.29 is 44.1 Å². The predicted octanol–water partition coefficient (Wildman–Crippen LogP) is -4.84. The number of nitrogens with two attached hydrogens (primary N) is 2. The Labute approximate surface area is 186 Å². The van der Waals surface area contributed by atoms with E-state index < -0.39 is 79.2 Å². The Bertz CT molecular complexity index is 874. The number of carbonyl (C=O) groups excluding carboxylic acids is 4. The molecular weight excluding hydrogens is 446 g/mol. The van der Waals surface area contributed by atoms with Crippen LogP contribution in [0.3, 0.4) is 0 Å². The van der Waals surface area contributed by atoms with Gasteiger partial charge in [0.25, 0.3) is 0 Å². The fourth-order valence-corrected chi connectivity index (χ4v) is 2.53. The van der Waals surface area contributed by atoms with Gasteiger partial charge in [-0.25, -0.2) is 9.78 Å². The molecule has 182 valence electrons. The largest absolute Gasteiger partial charge is 0.481 e. The van der Waals surface area contributed by atoms with Crippen molar-refractivity contribution in [3.8, 4) is 0 Å². The maximum atomic E-state index is 12.7. The first kappa shape index (κ1) is 27.0. The van der Waals surface area contributed by atoms with Crippen LogP contribution in [0.1, 0.15) is 18.5 Å². The van der Waals surface area contributed by atoms with Gasteiger partial charge >= 0.3 is 11.9 Å². The SMILES string of the molecule is NC(=O)CC(NC(=O)C(CO)NC(=O)C(Cc1cnc[nH]1)NC(=O)C(N)CC(=O)O)C(=O)O. The number of amides is 4. The van der Waals surface area contributed by atoms with Crippen LogP contribution in [0.5, 0.6) is 0 Å². The average molecular weight is 471 g/mol. The lowest BCUT2D eigenvalue weighted by Crippen LogP contribution is -2.58. The number of aliphatic carboxylic acids is 2. The van der Waals surface area contributed by atoms with Gasteiger partial charge in [-0.3, -0.25) is 24.0 Å². The summed E-state index contributed by atoms with van der Waals surface area (Å²) >= 11 is 0. The molecule has 33 heavy (non-hydrogen) atoms. The van der Waals surface area contributed by atoms with Crippen LogP contribution >= 0.6 is 0 Å². The quantitative estimate of drug-likeness (QED) is 0.124. The van der Waals surface area contributed by atoms with E-state index in [9.17, 15) is 33.9 Å². The highest BCUT2D eigenvalue weighted by molar-refractivity contribution is 5.95. The number of aliphatic hydroxyl groups is 1. The molecule has 0 bridgehead atoms. The molecule has 0 saturated carbocycles. The number of H-pyrrole nitrogens is 1. The van der Waals surface area contributed by atoms with Gasteiger partial charge in [-0.2, -0.15) is 0 Å². The molecule has 0 aliphatic carbocycles. The summed E-state index contributed by atoms with van der Waals surface area (Å²) in [6.45, 7) is -0.955. The Morgan fingerprint density at radius 1 is 0.939 bits per heavy atom. The number of hydrogen-bond acceptors (Lipinski definition) is 9. The molecule has 4 atom stereocenters. The Balaban J connectivity index is 2.94. The first-order valence-corrected chi connectivity index (χ1v) is 9.42. The summed E-state index contributed by atoms with van der Waals surface area (Å²) < 4.78 is 0. The smallest absolute Gasteiger partial charge is 0.326 e. The molecule has 1 aromatic rings. The van der Waals surface area contributed by atoms with Crippen molar-refractivity contribution in [2.24, 2.45) is 11.5 Å². The first-order chi connectivity index (χ1) is 15.4. The predicted molar refractivity (Wildman–Crippen MR) is 107 cm³/mol. The van der Waals surface area contributed by atoms with Crippen molar-refractivity contribution in [3.05, 3.63) is 18.2 Å². The molecular formula is C17H25N7O9. The number of nitrogens with one attached hydrogen (secondary N) is 4. The molecule has 16 nitrogen and oxygen atoms in total. The highest BCUT2D eigenvalue weighted by atomic mass is 16.4. The third kappa shape index (κ3) is 9.32. The van der Waals surface area contributed by atoms with Gasteiger partial charge in [0, 0.05) is 18.3 Å². The van der Waals surface area contributed by atoms with Crippen molar-refractivity contribution in [2.45, 2.75) is 43.4 Å². The Morgan fingerprint density at radius 3 is 2.00 bits per heavy atom. The summed E-state index contributed by atoms with van der Waals surface area (Å²) in [6.07, 6.45) is 1.05. The lowest BCUT2D eigenvalue weighted by atomic mass is 10.1. The number of carbonyl (C=O) groups is 6. The zero-order chi connectivity index (χ0) is 25.1. The zero-order valence-corrected chi connectivity index (χ0v) is 17.2. The number of hydrogen-bond donors (Lipinski definition) is 9. The number of carboxylic acid groups (broad SMARTS) is 2. The molecule has 1 rings (SSSR count). The van der Waals surface area contributed by atoms with Gasteiger partial charge in [0.1, 0.15) is 18.1 Å². The number of aliphatic hydroxyl groups excluding tert-OH is 1. The van der Waals surface area contributed by atoms with E-state index in [1.54, 1.807) is 0 Å². The Morgan fingerprint density at radius 2 is 1.52 bits per heavy atom. The van der Waals surface area contributed by atoms with Crippen molar-refractivity contribution in [1.29, 1.82) is 0 Å². The van der Waals surface area contributed by atoms with E-state index >= 15 is 0 Å². The fraction of sp³-hybridized carbons (Fsp3) is 0.471. The van der Waals surface area contributed by atoms with Crippen molar-refractivity contribution in [1.82, 2.24) is 25.9 Å². The van der Waals surface area contributed by atoms with Gasteiger partial charge in [0.05, 0.1) is 31.8 Å². The summed E-state index contributed by atoms with van der Waals surface area (Å²) in [4.78, 5) is 76.6. The van der Waals surface area contributed by atoms with Gasteiger partial charge in [-0.15, -0.1) is 0 Å². The third-order valence-electron chi connectivity index (χ3n) is 4.18. The number of aromatic amines is 1. The molecule has 0 aliphatic rings. The van der Waals surface area contributed by atoms with Crippen LogP contribution in [0.25, 0.3) is 0 Å². The lowest BCUT2D eigenvalue weighted by molar-refractivity contribution is -0.144. The van der Waals surface area contributed by atoms with Crippen LogP contribution in [0, 0.1) is 0 Å². The number of rotatable bonds is 14. The van der Waals surface area contributed by atoms with Crippen molar-refractivity contribution in [2.75, 3.05) is 6.61 Å². The molecule has 0 saturated heterocycles. The molecule has 16 heteroatoms. The van der Waals surface area contributed by atoms with E-state index in [-0.39, 0.29) is 6.42 Å². The zero-order valence-electron chi connectivity index (χ0n) is 17.2. The number of primary amides is 1. The second kappa shape index (κ2) is 12.7. The summed E-state index contributed by atoms with van der Waals surface area (Å²) in [5.74, 6) is -6.98. The van der Waals surface area contributed by atoms with Crippen molar-refractivity contribution in [3.63, 3.8) is 0 Å². The molecule has 1 heterocycles. The first-order valence-electron chi connectivity index (χ1n) is 9.42. The van der Waals surface area contributed by atoms with Gasteiger partial charge in [0.2, 0.25) is 23.6 Å². The van der Waals surface area contributed by atoms with E-state index in [4.69, 9.17) is 21.7 Å². The van der Waals surface area contributed by atoms with Crippen LogP contribution in [-0.2, 0) is 35.2 Å². The molecule has 1 aromatic heterocycles. The lowest BCUT2D eigenvalue weighted by Gasteiger charge is -2.23. The number of nitrogens with zero attached hydrogens (tertiary/aromatic N) is 1. The second-order valence-corrected chi connectivity index (χ2v) is 6.86. The van der Waals surface area contributed by atoms with Crippen molar-refractivity contribution >= 4 is 35.6 Å². The Hall–Kier alpha value is -4.05. The second-order valence-electron chi connectivity index (χ2n) is 6.86. The summed E-state index contributed by atoms with van der Waals surface area (Å²) in [6, 6.07) is -6.20. The van der Waals surface area contributed by atoms with E-state index in [2.05, 4.69) is 20.6 Å². The maximum Gasteiger partial charge on any atom is 0.326 e. The standard InChI is InChI=1S/C17H25N7O9/c18-8(2-13(27)28)14(29)22-9(1-7-4-20-6-21-7)15(30)24-11(5-25)16(31)23-10(17(32)33)3-12(19)26/h4,6,8-11,25H,1-3,5,18H2,(H2,19,26)(H,20,21)(H,22,29)(H,23,31)(H,24,30)(H,27,28)(H,32,33). The third-order valence-corrected chi connectivity index (χ3v) is 4.18. The molecule has 0 radical (unpaired) electrons. The highest BCUT2D eigenvalue weighted by Gasteiger charge is 2.31. The summed E-state index contributed by atoms with van der Waals surface area (Å²) in [7, 11) is 0. The number of carboxylic acids is 2. The van der Waals surface area contributed by atoms with Crippen LogP contribution in [0.4, 0.5) is 0 Å². The minimum absolute atomic E-state index is 0.170. The summed E-state index contributed by atoms with van der Waals surface area (Å²) in [5, 5.41) is 33.7. The maximum absolute atomic E-state index is 12.7. The molecule has 4 unspecified atom stereocenters. The fourth-order valence-electron chi connectivity index (χ4n) is 2.53. The number of aromatic nitrogens is 2. The molecule has 0 spiro atoms. The van der Waals surface area contributed by atoms with Crippen LogP contribution in [-0.4, -0.2) is 91.6 Å². The minimum atomic E-state index is -1.70. The molecule has 0 fully saturated rings. The van der Waals surface area contributed by atoms with E-state index in [0.717, 1.165) is 0 Å². The molecule has 11 N–H and O–H groups in total. The molecule has 0 aromatic carbocycles. The topological polar surface area (TPSA) is 280 Å². The van der Waals surface area contributed by atoms with Gasteiger partial charge in [-0.1, -0.05) is 0 Å². The molecule has 0 aliphatic heterocycles. The summed E-state index contributed by atoms with van der Waals surface area (Å²) in [5.41, 5.74) is 10.8. The van der Waals surface area contributed by atoms with Crippen LogP contribution < -0.4 is 27.4 Å². The van der Waals surface area contributed by atoms with Gasteiger partial charge in [-0.05, 0) is 0 Å². The minimum Gasteiger partial charge on any atom is -0.481 e.